The summed E-state index contributed by atoms with van der Waals surface area (Å²) < 4.78 is 0. The zero-order chi connectivity index (χ0) is 11.4. The SMILES string of the molecule is CCN1CC(C(=O)N[C@H](C)CO)CC1=O. The first-order valence-electron chi connectivity index (χ1n) is 5.27. The normalized spacial score (nSPS) is 23.0. The van der Waals surface area contributed by atoms with Gasteiger partial charge in [0.15, 0.2) is 0 Å². The van der Waals surface area contributed by atoms with E-state index in [1.165, 1.54) is 0 Å². The van der Waals surface area contributed by atoms with Crippen LogP contribution in [-0.4, -0.2) is 47.6 Å². The minimum atomic E-state index is -0.258. The average Bonchev–Trinajstić information content (AvgIpc) is 2.59. The Morgan fingerprint density at radius 3 is 2.87 bits per heavy atom. The highest BCUT2D eigenvalue weighted by molar-refractivity contribution is 5.89. The number of nitrogens with one attached hydrogen (secondary N) is 1. The summed E-state index contributed by atoms with van der Waals surface area (Å²) in [6, 6.07) is -0.247. The predicted molar refractivity (Wildman–Crippen MR) is 55.1 cm³/mol. The molecule has 1 rings (SSSR count). The van der Waals surface area contributed by atoms with E-state index in [-0.39, 0.29) is 36.8 Å². The van der Waals surface area contributed by atoms with E-state index >= 15 is 0 Å². The van der Waals surface area contributed by atoms with E-state index in [0.717, 1.165) is 0 Å². The third-order valence-electron chi connectivity index (χ3n) is 2.63. The Balaban J connectivity index is 2.46. The molecule has 0 aromatic rings. The van der Waals surface area contributed by atoms with Crippen molar-refractivity contribution in [2.24, 2.45) is 5.92 Å². The maximum Gasteiger partial charge on any atom is 0.225 e. The van der Waals surface area contributed by atoms with Crippen LogP contribution in [0.5, 0.6) is 0 Å². The Hall–Kier alpha value is -1.10. The maximum atomic E-state index is 11.6. The van der Waals surface area contributed by atoms with Gasteiger partial charge in [0.1, 0.15) is 0 Å². The molecule has 0 aliphatic carbocycles. The van der Waals surface area contributed by atoms with Crippen molar-refractivity contribution < 1.29 is 14.7 Å². The molecular weight excluding hydrogens is 196 g/mol. The number of aliphatic hydroxyl groups is 1. The lowest BCUT2D eigenvalue weighted by Crippen LogP contribution is -2.40. The molecule has 1 heterocycles. The molecule has 15 heavy (non-hydrogen) atoms. The van der Waals surface area contributed by atoms with Crippen LogP contribution in [0.15, 0.2) is 0 Å². The lowest BCUT2D eigenvalue weighted by atomic mass is 10.1. The van der Waals surface area contributed by atoms with Crippen LogP contribution in [0.25, 0.3) is 0 Å². The summed E-state index contributed by atoms with van der Waals surface area (Å²) >= 11 is 0. The molecule has 86 valence electrons. The average molecular weight is 214 g/mol. The molecule has 1 aliphatic rings. The van der Waals surface area contributed by atoms with Crippen LogP contribution in [0.3, 0.4) is 0 Å². The molecule has 2 N–H and O–H groups in total. The highest BCUT2D eigenvalue weighted by Gasteiger charge is 2.33. The monoisotopic (exact) mass is 214 g/mol. The second-order valence-electron chi connectivity index (χ2n) is 3.93. The molecule has 1 fully saturated rings. The third kappa shape index (κ3) is 2.92. The second kappa shape index (κ2) is 5.11. The number of aliphatic hydroxyl groups excluding tert-OH is 1. The topological polar surface area (TPSA) is 69.6 Å². The minimum Gasteiger partial charge on any atom is -0.394 e. The lowest BCUT2D eigenvalue weighted by molar-refractivity contribution is -0.129. The third-order valence-corrected chi connectivity index (χ3v) is 2.63. The van der Waals surface area contributed by atoms with Crippen LogP contribution in [0.1, 0.15) is 20.3 Å². The Labute approximate surface area is 89.4 Å². The van der Waals surface area contributed by atoms with Gasteiger partial charge in [-0.2, -0.15) is 0 Å². The highest BCUT2D eigenvalue weighted by atomic mass is 16.3. The van der Waals surface area contributed by atoms with Gasteiger partial charge in [-0.25, -0.2) is 0 Å². The summed E-state index contributed by atoms with van der Waals surface area (Å²) in [5.74, 6) is -0.360. The molecule has 0 aromatic carbocycles. The van der Waals surface area contributed by atoms with Gasteiger partial charge < -0.3 is 15.3 Å². The first-order valence-corrected chi connectivity index (χ1v) is 5.27. The van der Waals surface area contributed by atoms with Gasteiger partial charge in [-0.1, -0.05) is 0 Å². The Morgan fingerprint density at radius 1 is 1.73 bits per heavy atom. The summed E-state index contributed by atoms with van der Waals surface area (Å²) in [6.07, 6.45) is 0.290. The van der Waals surface area contributed by atoms with Crippen molar-refractivity contribution in [3.8, 4) is 0 Å². The Morgan fingerprint density at radius 2 is 2.40 bits per heavy atom. The fourth-order valence-corrected chi connectivity index (χ4v) is 1.66. The van der Waals surface area contributed by atoms with Crippen LogP contribution in [0.4, 0.5) is 0 Å². The highest BCUT2D eigenvalue weighted by Crippen LogP contribution is 2.17. The zero-order valence-electron chi connectivity index (χ0n) is 9.19. The summed E-state index contributed by atoms with van der Waals surface area (Å²) in [7, 11) is 0. The number of hydrogen-bond donors (Lipinski definition) is 2. The van der Waals surface area contributed by atoms with Gasteiger partial charge in [0, 0.05) is 25.6 Å². The molecule has 0 bridgehead atoms. The van der Waals surface area contributed by atoms with Crippen molar-refractivity contribution in [3.63, 3.8) is 0 Å². The van der Waals surface area contributed by atoms with E-state index in [0.29, 0.717) is 13.1 Å². The largest absolute Gasteiger partial charge is 0.394 e. The smallest absolute Gasteiger partial charge is 0.225 e. The van der Waals surface area contributed by atoms with Crippen LogP contribution >= 0.6 is 0 Å². The van der Waals surface area contributed by atoms with Gasteiger partial charge in [-0.3, -0.25) is 9.59 Å². The van der Waals surface area contributed by atoms with Crippen molar-refractivity contribution in [2.45, 2.75) is 26.3 Å². The second-order valence-corrected chi connectivity index (χ2v) is 3.93. The first kappa shape index (κ1) is 12.0. The molecule has 5 nitrogen and oxygen atoms in total. The van der Waals surface area contributed by atoms with Crippen LogP contribution in [0, 0.1) is 5.92 Å². The fourth-order valence-electron chi connectivity index (χ4n) is 1.66. The quantitative estimate of drug-likeness (QED) is 0.653. The zero-order valence-corrected chi connectivity index (χ0v) is 9.19. The molecule has 0 aromatic heterocycles. The molecular formula is C10H18N2O3. The van der Waals surface area contributed by atoms with Gasteiger partial charge in [0.2, 0.25) is 11.8 Å². The van der Waals surface area contributed by atoms with Gasteiger partial charge in [0.05, 0.1) is 12.5 Å². The number of amides is 2. The van der Waals surface area contributed by atoms with E-state index in [2.05, 4.69) is 5.32 Å². The predicted octanol–water partition coefficient (Wildman–Crippen LogP) is -0.648. The summed E-state index contributed by atoms with van der Waals surface area (Å²) in [5, 5.41) is 11.5. The summed E-state index contributed by atoms with van der Waals surface area (Å²) in [5.41, 5.74) is 0. The van der Waals surface area contributed by atoms with Crippen LogP contribution < -0.4 is 5.32 Å². The van der Waals surface area contributed by atoms with Crippen LogP contribution in [0.2, 0.25) is 0 Å². The molecule has 5 heteroatoms. The van der Waals surface area contributed by atoms with Crippen LogP contribution in [-0.2, 0) is 9.59 Å². The van der Waals surface area contributed by atoms with E-state index in [1.807, 2.05) is 6.92 Å². The number of nitrogens with zero attached hydrogens (tertiary/aromatic N) is 1. The lowest BCUT2D eigenvalue weighted by Gasteiger charge is -2.15. The molecule has 0 radical (unpaired) electrons. The standard InChI is InChI=1S/C10H18N2O3/c1-3-12-5-8(4-9(12)14)10(15)11-7(2)6-13/h7-8,13H,3-6H2,1-2H3,(H,11,15)/t7-,8?/m1/s1. The maximum absolute atomic E-state index is 11.6. The van der Waals surface area contributed by atoms with Gasteiger partial charge in [-0.15, -0.1) is 0 Å². The molecule has 2 amide bonds. The number of hydrogen-bond acceptors (Lipinski definition) is 3. The number of rotatable bonds is 4. The van der Waals surface area contributed by atoms with Crippen molar-refractivity contribution in [1.82, 2.24) is 10.2 Å². The van der Waals surface area contributed by atoms with Crippen molar-refractivity contribution in [1.29, 1.82) is 0 Å². The van der Waals surface area contributed by atoms with Gasteiger partial charge in [0.25, 0.3) is 0 Å². The van der Waals surface area contributed by atoms with Crippen molar-refractivity contribution >= 4 is 11.8 Å². The number of carbonyl (C=O) groups excluding carboxylic acids is 2. The van der Waals surface area contributed by atoms with Crippen molar-refractivity contribution in [3.05, 3.63) is 0 Å². The van der Waals surface area contributed by atoms with Crippen molar-refractivity contribution in [2.75, 3.05) is 19.7 Å². The molecule has 1 unspecified atom stereocenters. The molecule has 0 spiro atoms. The minimum absolute atomic E-state index is 0.0364. The van der Waals surface area contributed by atoms with E-state index in [1.54, 1.807) is 11.8 Å². The van der Waals surface area contributed by atoms with Gasteiger partial charge in [-0.05, 0) is 13.8 Å². The summed E-state index contributed by atoms with van der Waals surface area (Å²) in [4.78, 5) is 24.7. The molecule has 1 saturated heterocycles. The molecule has 1 aliphatic heterocycles. The number of likely N-dealkylation sites (tertiary alicyclic amines) is 1. The van der Waals surface area contributed by atoms with E-state index in [4.69, 9.17) is 5.11 Å². The van der Waals surface area contributed by atoms with E-state index < -0.39 is 0 Å². The van der Waals surface area contributed by atoms with E-state index in [9.17, 15) is 9.59 Å². The number of carbonyl (C=O) groups is 2. The Kier molecular flexibility index (Phi) is 4.08. The van der Waals surface area contributed by atoms with Gasteiger partial charge >= 0.3 is 0 Å². The summed E-state index contributed by atoms with van der Waals surface area (Å²) in [6.45, 7) is 4.70. The first-order chi connectivity index (χ1) is 7.08. The molecule has 0 saturated carbocycles. The molecule has 2 atom stereocenters. The Bertz CT molecular complexity index is 255. The fraction of sp³-hybridized carbons (Fsp3) is 0.800.